The van der Waals surface area contributed by atoms with Crippen molar-refractivity contribution in [3.8, 4) is 0 Å². The number of rotatable bonds is 5. The fourth-order valence-corrected chi connectivity index (χ4v) is 0.917. The Balaban J connectivity index is 2.14. The van der Waals surface area contributed by atoms with Gasteiger partial charge in [-0.05, 0) is 32.2 Å². The lowest BCUT2D eigenvalue weighted by atomic mass is 10.1. The highest BCUT2D eigenvalue weighted by Gasteiger charge is 2.30. The summed E-state index contributed by atoms with van der Waals surface area (Å²) in [5.74, 6) is -0.472. The number of nitrogens with one attached hydrogen (secondary N) is 1. The summed E-state index contributed by atoms with van der Waals surface area (Å²) in [4.78, 5) is 10.4. The number of hydrogen-bond donors (Lipinski definition) is 3. The summed E-state index contributed by atoms with van der Waals surface area (Å²) in [5, 5.41) is 20.7. The summed E-state index contributed by atoms with van der Waals surface area (Å²) < 4.78 is 0. The lowest BCUT2D eigenvalue weighted by Crippen LogP contribution is -2.45. The Bertz CT molecular complexity index is 175. The first kappa shape index (κ1) is 9.48. The van der Waals surface area contributed by atoms with Gasteiger partial charge in [-0.2, -0.15) is 0 Å². The Morgan fingerprint density at radius 2 is 2.25 bits per heavy atom. The van der Waals surface area contributed by atoms with Gasteiger partial charge in [0.2, 0.25) is 0 Å². The van der Waals surface area contributed by atoms with Crippen LogP contribution >= 0.6 is 0 Å². The van der Waals surface area contributed by atoms with Crippen molar-refractivity contribution in [3.05, 3.63) is 0 Å². The normalized spacial score (nSPS) is 21.8. The first-order chi connectivity index (χ1) is 5.52. The topological polar surface area (TPSA) is 69.6 Å². The van der Waals surface area contributed by atoms with Gasteiger partial charge in [0.05, 0.1) is 0 Å². The van der Waals surface area contributed by atoms with Crippen molar-refractivity contribution in [3.63, 3.8) is 0 Å². The molecule has 0 radical (unpaired) electrons. The third-order valence-corrected chi connectivity index (χ3v) is 2.06. The molecule has 1 atom stereocenters. The van der Waals surface area contributed by atoms with Gasteiger partial charge in [0, 0.05) is 6.54 Å². The lowest BCUT2D eigenvalue weighted by Gasteiger charge is -2.17. The van der Waals surface area contributed by atoms with Gasteiger partial charge in [-0.15, -0.1) is 0 Å². The molecule has 1 aliphatic carbocycles. The van der Waals surface area contributed by atoms with Crippen LogP contribution < -0.4 is 5.32 Å². The van der Waals surface area contributed by atoms with Gasteiger partial charge in [0.25, 0.3) is 0 Å². The Morgan fingerprint density at radius 3 is 2.67 bits per heavy atom. The van der Waals surface area contributed by atoms with E-state index in [1.54, 1.807) is 0 Å². The molecule has 0 aromatic rings. The van der Waals surface area contributed by atoms with Crippen molar-refractivity contribution in [2.45, 2.75) is 25.4 Å². The molecule has 1 rings (SSSR count). The molecule has 70 valence electrons. The minimum absolute atomic E-state index is 0.124. The van der Waals surface area contributed by atoms with Crippen LogP contribution in [-0.4, -0.2) is 34.9 Å². The molecule has 0 aromatic heterocycles. The first-order valence-corrected chi connectivity index (χ1v) is 4.19. The highest BCUT2D eigenvalue weighted by Crippen LogP contribution is 2.27. The molecular formula is C8H15NO3. The maximum absolute atomic E-state index is 10.4. The van der Waals surface area contributed by atoms with E-state index in [2.05, 4.69) is 5.32 Å². The van der Waals surface area contributed by atoms with Gasteiger partial charge in [-0.3, -0.25) is 0 Å². The zero-order valence-corrected chi connectivity index (χ0v) is 7.21. The number of hydrogen-bond acceptors (Lipinski definition) is 3. The van der Waals surface area contributed by atoms with Crippen molar-refractivity contribution < 1.29 is 15.0 Å². The van der Waals surface area contributed by atoms with Crippen LogP contribution in [0.15, 0.2) is 0 Å². The zero-order chi connectivity index (χ0) is 9.19. The molecule has 12 heavy (non-hydrogen) atoms. The summed E-state index contributed by atoms with van der Waals surface area (Å²) in [5.41, 5.74) is -1.63. The Morgan fingerprint density at radius 1 is 1.67 bits per heavy atom. The third kappa shape index (κ3) is 2.79. The molecule has 1 saturated carbocycles. The fraction of sp³-hybridized carbons (Fsp3) is 0.875. The maximum atomic E-state index is 10.4. The van der Waals surface area contributed by atoms with Gasteiger partial charge >= 0.3 is 5.97 Å². The largest absolute Gasteiger partial charge is 0.479 e. The molecule has 0 spiro atoms. The molecule has 0 saturated heterocycles. The van der Waals surface area contributed by atoms with Crippen LogP contribution in [-0.2, 0) is 4.79 Å². The molecule has 4 nitrogen and oxygen atoms in total. The Hall–Kier alpha value is -0.610. The summed E-state index contributed by atoms with van der Waals surface area (Å²) in [7, 11) is 0. The summed E-state index contributed by atoms with van der Waals surface area (Å²) in [6.45, 7) is 2.25. The van der Waals surface area contributed by atoms with E-state index in [-0.39, 0.29) is 6.54 Å². The highest BCUT2D eigenvalue weighted by atomic mass is 16.4. The number of aliphatic carboxylic acids is 1. The fourth-order valence-electron chi connectivity index (χ4n) is 0.917. The van der Waals surface area contributed by atoms with Gasteiger partial charge in [-0.1, -0.05) is 0 Å². The number of carboxylic acid groups (broad SMARTS) is 1. The van der Waals surface area contributed by atoms with Gasteiger partial charge in [0.1, 0.15) is 0 Å². The average Bonchev–Trinajstić information content (AvgIpc) is 2.70. The Kier molecular flexibility index (Phi) is 2.69. The second-order valence-electron chi connectivity index (χ2n) is 3.65. The van der Waals surface area contributed by atoms with E-state index in [0.29, 0.717) is 5.92 Å². The summed E-state index contributed by atoms with van der Waals surface area (Å²) in [6.07, 6.45) is 2.45. The maximum Gasteiger partial charge on any atom is 0.336 e. The lowest BCUT2D eigenvalue weighted by molar-refractivity contribution is -0.156. The van der Waals surface area contributed by atoms with E-state index < -0.39 is 11.6 Å². The van der Waals surface area contributed by atoms with Gasteiger partial charge < -0.3 is 15.5 Å². The molecule has 0 heterocycles. The van der Waals surface area contributed by atoms with Crippen molar-refractivity contribution >= 4 is 5.97 Å². The smallest absolute Gasteiger partial charge is 0.336 e. The molecule has 1 unspecified atom stereocenters. The Labute approximate surface area is 71.6 Å². The monoisotopic (exact) mass is 173 g/mol. The van der Waals surface area contributed by atoms with E-state index in [4.69, 9.17) is 5.11 Å². The van der Waals surface area contributed by atoms with Crippen molar-refractivity contribution in [2.75, 3.05) is 13.1 Å². The zero-order valence-electron chi connectivity index (χ0n) is 7.21. The molecular weight excluding hydrogens is 158 g/mol. The standard InChI is InChI=1S/C8H15NO3/c1-8(12,7(10)11)5-9-4-6-2-3-6/h6,9,12H,2-5H2,1H3,(H,10,11). The second kappa shape index (κ2) is 3.41. The molecule has 0 aromatic carbocycles. The molecule has 3 N–H and O–H groups in total. The van der Waals surface area contributed by atoms with E-state index >= 15 is 0 Å². The van der Waals surface area contributed by atoms with Crippen LogP contribution in [0.4, 0.5) is 0 Å². The molecule has 1 fully saturated rings. The average molecular weight is 173 g/mol. The van der Waals surface area contributed by atoms with Gasteiger partial charge in [-0.25, -0.2) is 4.79 Å². The summed E-state index contributed by atoms with van der Waals surface area (Å²) >= 11 is 0. The minimum Gasteiger partial charge on any atom is -0.479 e. The third-order valence-electron chi connectivity index (χ3n) is 2.06. The highest BCUT2D eigenvalue weighted by molar-refractivity contribution is 5.76. The van der Waals surface area contributed by atoms with E-state index in [1.165, 1.54) is 19.8 Å². The van der Waals surface area contributed by atoms with Crippen molar-refractivity contribution in [1.29, 1.82) is 0 Å². The van der Waals surface area contributed by atoms with Crippen LogP contribution in [0.25, 0.3) is 0 Å². The van der Waals surface area contributed by atoms with Crippen LogP contribution in [0.5, 0.6) is 0 Å². The molecule has 0 bridgehead atoms. The van der Waals surface area contributed by atoms with Crippen LogP contribution in [0, 0.1) is 5.92 Å². The number of carboxylic acids is 1. The predicted octanol–water partition coefficient (Wildman–Crippen LogP) is -0.178. The van der Waals surface area contributed by atoms with Crippen LogP contribution in [0.2, 0.25) is 0 Å². The van der Waals surface area contributed by atoms with Crippen LogP contribution in [0.3, 0.4) is 0 Å². The van der Waals surface area contributed by atoms with E-state index in [1.807, 2.05) is 0 Å². The second-order valence-corrected chi connectivity index (χ2v) is 3.65. The quantitative estimate of drug-likeness (QED) is 0.539. The molecule has 4 heteroatoms. The number of aliphatic hydroxyl groups is 1. The molecule has 0 amide bonds. The predicted molar refractivity (Wildman–Crippen MR) is 43.9 cm³/mol. The molecule has 0 aliphatic heterocycles. The SMILES string of the molecule is CC(O)(CNCC1CC1)C(=O)O. The summed E-state index contributed by atoms with van der Waals surface area (Å²) in [6, 6.07) is 0. The minimum atomic E-state index is -1.63. The van der Waals surface area contributed by atoms with Gasteiger partial charge in [0.15, 0.2) is 5.60 Å². The van der Waals surface area contributed by atoms with E-state index in [0.717, 1.165) is 6.54 Å². The van der Waals surface area contributed by atoms with Crippen molar-refractivity contribution in [2.24, 2.45) is 5.92 Å². The first-order valence-electron chi connectivity index (χ1n) is 4.19. The van der Waals surface area contributed by atoms with Crippen LogP contribution in [0.1, 0.15) is 19.8 Å². The van der Waals surface area contributed by atoms with E-state index in [9.17, 15) is 9.90 Å². The number of carbonyl (C=O) groups is 1. The van der Waals surface area contributed by atoms with Crippen molar-refractivity contribution in [1.82, 2.24) is 5.32 Å². The molecule has 1 aliphatic rings.